The molecule has 1 aliphatic heterocycles. The summed E-state index contributed by atoms with van der Waals surface area (Å²) < 4.78 is 21.4. The predicted molar refractivity (Wildman–Crippen MR) is 99.5 cm³/mol. The summed E-state index contributed by atoms with van der Waals surface area (Å²) in [6.45, 7) is 2.06. The zero-order valence-corrected chi connectivity index (χ0v) is 15.0. The lowest BCUT2D eigenvalue weighted by Crippen LogP contribution is -2.35. The van der Waals surface area contributed by atoms with Gasteiger partial charge in [0, 0.05) is 13.1 Å². The maximum absolute atomic E-state index is 13.8. The van der Waals surface area contributed by atoms with E-state index in [1.165, 1.54) is 6.07 Å². The molecule has 0 amide bonds. The lowest BCUT2D eigenvalue weighted by atomic mass is 10.1. The van der Waals surface area contributed by atoms with Gasteiger partial charge in [0.25, 0.3) is 0 Å². The van der Waals surface area contributed by atoms with Gasteiger partial charge in [0.15, 0.2) is 0 Å². The Kier molecular flexibility index (Phi) is 4.79. The van der Waals surface area contributed by atoms with Crippen LogP contribution in [0.3, 0.4) is 0 Å². The van der Waals surface area contributed by atoms with Gasteiger partial charge in [-0.25, -0.2) is 9.37 Å². The molecule has 4 rings (SSSR count). The predicted octanol–water partition coefficient (Wildman–Crippen LogP) is 4.64. The average Bonchev–Trinajstić information content (AvgIpc) is 3.05. The van der Waals surface area contributed by atoms with E-state index in [0.717, 1.165) is 46.7 Å². The van der Waals surface area contributed by atoms with Gasteiger partial charge in [-0.3, -0.25) is 0 Å². The molecule has 1 fully saturated rings. The molecule has 0 N–H and O–H groups in total. The molecule has 0 radical (unpaired) electrons. The lowest BCUT2D eigenvalue weighted by Gasteiger charge is -2.31. The van der Waals surface area contributed by atoms with Gasteiger partial charge in [-0.1, -0.05) is 24.3 Å². The number of hydrogen-bond donors (Lipinski definition) is 0. The van der Waals surface area contributed by atoms with Crippen LogP contribution in [-0.2, 0) is 4.74 Å². The fourth-order valence-electron chi connectivity index (χ4n) is 3.26. The minimum absolute atomic E-state index is 0.177. The molecular weight excluding hydrogens is 335 g/mol. The summed E-state index contributed by atoms with van der Waals surface area (Å²) in [6, 6.07) is 14.8. The number of hydrogen-bond acceptors (Lipinski definition) is 4. The van der Waals surface area contributed by atoms with E-state index in [1.54, 1.807) is 23.5 Å². The summed E-state index contributed by atoms with van der Waals surface area (Å²) in [6.07, 6.45) is 1.85. The van der Waals surface area contributed by atoms with Crippen LogP contribution >= 0.6 is 11.3 Å². The molecule has 1 aliphatic rings. The second-order valence-corrected chi connectivity index (χ2v) is 7.66. The van der Waals surface area contributed by atoms with Crippen molar-refractivity contribution in [2.75, 3.05) is 20.1 Å². The molecule has 2 aromatic carbocycles. The van der Waals surface area contributed by atoms with Crippen LogP contribution < -0.4 is 0 Å². The van der Waals surface area contributed by atoms with Crippen molar-refractivity contribution < 1.29 is 9.13 Å². The number of benzene rings is 2. The SMILES string of the molecule is CN1CCC(OC(c2cccc(F)c2)c2nc3ccccc3s2)CC1. The van der Waals surface area contributed by atoms with E-state index in [1.807, 2.05) is 24.3 Å². The van der Waals surface area contributed by atoms with Crippen molar-refractivity contribution in [3.8, 4) is 0 Å². The first kappa shape index (κ1) is 16.6. The molecule has 3 nitrogen and oxygen atoms in total. The number of nitrogens with zero attached hydrogens (tertiary/aromatic N) is 2. The van der Waals surface area contributed by atoms with Crippen molar-refractivity contribution >= 4 is 21.6 Å². The van der Waals surface area contributed by atoms with Gasteiger partial charge in [0.1, 0.15) is 16.9 Å². The first-order valence-electron chi connectivity index (χ1n) is 8.64. The van der Waals surface area contributed by atoms with Crippen molar-refractivity contribution in [2.45, 2.75) is 25.0 Å². The van der Waals surface area contributed by atoms with Crippen molar-refractivity contribution in [2.24, 2.45) is 0 Å². The van der Waals surface area contributed by atoms with Gasteiger partial charge >= 0.3 is 0 Å². The van der Waals surface area contributed by atoms with E-state index >= 15 is 0 Å². The summed E-state index contributed by atoms with van der Waals surface area (Å²) in [5, 5.41) is 0.894. The smallest absolute Gasteiger partial charge is 0.135 e. The molecule has 0 spiro atoms. The van der Waals surface area contributed by atoms with Crippen LogP contribution in [0.5, 0.6) is 0 Å². The Morgan fingerprint density at radius 3 is 2.72 bits per heavy atom. The van der Waals surface area contributed by atoms with Crippen molar-refractivity contribution in [1.29, 1.82) is 0 Å². The van der Waals surface area contributed by atoms with E-state index in [0.29, 0.717) is 0 Å². The Hall–Kier alpha value is -1.82. The van der Waals surface area contributed by atoms with Crippen LogP contribution in [0.25, 0.3) is 10.2 Å². The number of fused-ring (bicyclic) bond motifs is 1. The van der Waals surface area contributed by atoms with Crippen LogP contribution in [0.4, 0.5) is 4.39 Å². The summed E-state index contributed by atoms with van der Waals surface area (Å²) in [5.74, 6) is -0.240. The van der Waals surface area contributed by atoms with E-state index in [2.05, 4.69) is 18.0 Å². The number of likely N-dealkylation sites (tertiary alicyclic amines) is 1. The Morgan fingerprint density at radius 2 is 1.96 bits per heavy atom. The maximum atomic E-state index is 13.8. The third-order valence-electron chi connectivity index (χ3n) is 4.68. The van der Waals surface area contributed by atoms with E-state index in [9.17, 15) is 4.39 Å². The number of aromatic nitrogens is 1. The van der Waals surface area contributed by atoms with Gasteiger partial charge in [-0.2, -0.15) is 0 Å². The highest BCUT2D eigenvalue weighted by molar-refractivity contribution is 7.18. The Balaban J connectivity index is 1.67. The van der Waals surface area contributed by atoms with Gasteiger partial charge < -0.3 is 9.64 Å². The molecule has 25 heavy (non-hydrogen) atoms. The Labute approximate surface area is 151 Å². The monoisotopic (exact) mass is 356 g/mol. The molecule has 2 heterocycles. The van der Waals surface area contributed by atoms with Crippen LogP contribution in [-0.4, -0.2) is 36.1 Å². The van der Waals surface area contributed by atoms with Gasteiger partial charge in [-0.15, -0.1) is 11.3 Å². The zero-order chi connectivity index (χ0) is 17.2. The molecule has 1 atom stereocenters. The highest BCUT2D eigenvalue weighted by Gasteiger charge is 2.26. The Bertz CT molecular complexity index is 825. The molecule has 0 aliphatic carbocycles. The van der Waals surface area contributed by atoms with Gasteiger partial charge in [-0.05, 0) is 49.7 Å². The standard InChI is InChI=1S/C20H21FN2OS/c1-23-11-9-16(10-12-23)24-19(14-5-4-6-15(21)13-14)20-22-17-7-2-3-8-18(17)25-20/h2-8,13,16,19H,9-12H2,1H3. The zero-order valence-electron chi connectivity index (χ0n) is 14.2. The van der Waals surface area contributed by atoms with Crippen LogP contribution in [0.2, 0.25) is 0 Å². The Morgan fingerprint density at radius 1 is 1.16 bits per heavy atom. The minimum Gasteiger partial charge on any atom is -0.363 e. The highest BCUT2D eigenvalue weighted by Crippen LogP contribution is 2.35. The van der Waals surface area contributed by atoms with E-state index < -0.39 is 0 Å². The number of piperidine rings is 1. The molecule has 5 heteroatoms. The molecule has 1 aromatic heterocycles. The van der Waals surface area contributed by atoms with Crippen molar-refractivity contribution in [3.63, 3.8) is 0 Å². The molecular formula is C20H21FN2OS. The molecule has 1 unspecified atom stereocenters. The molecule has 0 bridgehead atoms. The molecule has 3 aromatic rings. The third kappa shape index (κ3) is 3.73. The molecule has 1 saturated heterocycles. The number of ether oxygens (including phenoxy) is 1. The number of thiazole rings is 1. The molecule has 0 saturated carbocycles. The average molecular weight is 356 g/mol. The molecule has 130 valence electrons. The highest BCUT2D eigenvalue weighted by atomic mass is 32.1. The first-order chi connectivity index (χ1) is 12.2. The number of rotatable bonds is 4. The second-order valence-electron chi connectivity index (χ2n) is 6.59. The maximum Gasteiger partial charge on any atom is 0.135 e. The normalized spacial score (nSPS) is 17.8. The lowest BCUT2D eigenvalue weighted by molar-refractivity contribution is -0.0235. The fraction of sp³-hybridized carbons (Fsp3) is 0.350. The summed E-state index contributed by atoms with van der Waals surface area (Å²) in [5.41, 5.74) is 1.80. The summed E-state index contributed by atoms with van der Waals surface area (Å²) in [4.78, 5) is 7.07. The third-order valence-corrected chi connectivity index (χ3v) is 5.76. The number of para-hydroxylation sites is 1. The second kappa shape index (κ2) is 7.20. The van der Waals surface area contributed by atoms with Crippen LogP contribution in [0, 0.1) is 5.82 Å². The van der Waals surface area contributed by atoms with Gasteiger partial charge in [0.05, 0.1) is 16.3 Å². The minimum atomic E-state index is -0.318. The quantitative estimate of drug-likeness (QED) is 0.681. The largest absolute Gasteiger partial charge is 0.363 e. The topological polar surface area (TPSA) is 25.4 Å². The summed E-state index contributed by atoms with van der Waals surface area (Å²) >= 11 is 1.63. The van der Waals surface area contributed by atoms with Crippen molar-refractivity contribution in [1.82, 2.24) is 9.88 Å². The van der Waals surface area contributed by atoms with E-state index in [-0.39, 0.29) is 18.0 Å². The van der Waals surface area contributed by atoms with Crippen molar-refractivity contribution in [3.05, 3.63) is 64.9 Å². The van der Waals surface area contributed by atoms with Crippen LogP contribution in [0.15, 0.2) is 48.5 Å². The first-order valence-corrected chi connectivity index (χ1v) is 9.45. The summed E-state index contributed by atoms with van der Waals surface area (Å²) in [7, 11) is 2.13. The van der Waals surface area contributed by atoms with Gasteiger partial charge in [0.2, 0.25) is 0 Å². The fourth-order valence-corrected chi connectivity index (χ4v) is 4.30. The number of halogens is 1. The van der Waals surface area contributed by atoms with E-state index in [4.69, 9.17) is 9.72 Å². The van der Waals surface area contributed by atoms with Crippen LogP contribution in [0.1, 0.15) is 29.5 Å².